The number of nitrogens with zero attached hydrogens (tertiary/aromatic N) is 1. The smallest absolute Gasteiger partial charge is 0.319 e. The van der Waals surface area contributed by atoms with Crippen molar-refractivity contribution in [3.05, 3.63) is 18.0 Å². The number of hydrogen-bond acceptors (Lipinski definition) is 5. The lowest BCUT2D eigenvalue weighted by Crippen LogP contribution is -2.26. The molecule has 106 valence electrons. The van der Waals surface area contributed by atoms with Crippen molar-refractivity contribution in [2.24, 2.45) is 0 Å². The number of carboxylic acids is 1. The molecule has 1 heterocycles. The van der Waals surface area contributed by atoms with Gasteiger partial charge >= 0.3 is 5.97 Å². The first-order chi connectivity index (χ1) is 9.04. The van der Waals surface area contributed by atoms with E-state index in [4.69, 9.17) is 14.6 Å². The predicted octanol–water partition coefficient (Wildman–Crippen LogP) is 1.21. The van der Waals surface area contributed by atoms with E-state index in [0.717, 1.165) is 0 Å². The molecule has 1 N–H and O–H groups in total. The van der Waals surface area contributed by atoms with Crippen LogP contribution in [0.3, 0.4) is 0 Å². The molecule has 1 rings (SSSR count). The van der Waals surface area contributed by atoms with Gasteiger partial charge in [0.05, 0.1) is 25.7 Å². The topological polar surface area (TPSA) is 85.7 Å². The molecule has 0 aliphatic rings. The zero-order valence-corrected chi connectivity index (χ0v) is 11.9. The molecule has 2 unspecified atom stereocenters. The lowest BCUT2D eigenvalue weighted by Gasteiger charge is -2.13. The Balaban J connectivity index is 2.99. The van der Waals surface area contributed by atoms with E-state index in [1.165, 1.54) is 20.4 Å². The summed E-state index contributed by atoms with van der Waals surface area (Å²) < 4.78 is 22.3. The van der Waals surface area contributed by atoms with E-state index in [9.17, 15) is 9.00 Å². The van der Waals surface area contributed by atoms with E-state index in [1.54, 1.807) is 13.0 Å². The van der Waals surface area contributed by atoms with Crippen LogP contribution in [0, 0.1) is 0 Å². The Labute approximate surface area is 114 Å². The summed E-state index contributed by atoms with van der Waals surface area (Å²) in [5.41, 5.74) is 0.430. The molecule has 7 heteroatoms. The van der Waals surface area contributed by atoms with Gasteiger partial charge in [0.25, 0.3) is 0 Å². The Bertz CT molecular complexity index is 477. The monoisotopic (exact) mass is 287 g/mol. The van der Waals surface area contributed by atoms with Gasteiger partial charge in [-0.15, -0.1) is 0 Å². The molecule has 0 fully saturated rings. The first-order valence-electron chi connectivity index (χ1n) is 5.70. The van der Waals surface area contributed by atoms with Crippen LogP contribution in [0.1, 0.15) is 19.0 Å². The van der Waals surface area contributed by atoms with Gasteiger partial charge in [0, 0.05) is 23.1 Å². The van der Waals surface area contributed by atoms with Gasteiger partial charge in [-0.05, 0) is 6.42 Å². The molecule has 0 bridgehead atoms. The van der Waals surface area contributed by atoms with Gasteiger partial charge < -0.3 is 14.6 Å². The van der Waals surface area contributed by atoms with Gasteiger partial charge in [-0.3, -0.25) is 14.0 Å². The summed E-state index contributed by atoms with van der Waals surface area (Å²) in [6, 6.07) is 1.62. The zero-order valence-electron chi connectivity index (χ0n) is 11.1. The maximum absolute atomic E-state index is 12.0. The van der Waals surface area contributed by atoms with Gasteiger partial charge in [0.1, 0.15) is 5.25 Å². The summed E-state index contributed by atoms with van der Waals surface area (Å²) >= 11 is 0. The molecule has 0 aliphatic carbocycles. The van der Waals surface area contributed by atoms with Crippen molar-refractivity contribution in [1.29, 1.82) is 0 Å². The fourth-order valence-corrected chi connectivity index (χ4v) is 2.93. The molecule has 0 amide bonds. The van der Waals surface area contributed by atoms with Gasteiger partial charge in [0.2, 0.25) is 0 Å². The van der Waals surface area contributed by atoms with Crippen LogP contribution < -0.4 is 9.47 Å². The highest BCUT2D eigenvalue weighted by atomic mass is 32.2. The summed E-state index contributed by atoms with van der Waals surface area (Å²) in [5.74, 6) is -0.181. The number of rotatable bonds is 7. The summed E-state index contributed by atoms with van der Waals surface area (Å²) in [6.07, 6.45) is 1.81. The second-order valence-corrected chi connectivity index (χ2v) is 5.37. The minimum atomic E-state index is -1.56. The number of aromatic nitrogens is 1. The highest BCUT2D eigenvalue weighted by Crippen LogP contribution is 2.30. The lowest BCUT2D eigenvalue weighted by molar-refractivity contribution is -0.136. The van der Waals surface area contributed by atoms with Crippen LogP contribution in [0.4, 0.5) is 0 Å². The Kier molecular flexibility index (Phi) is 5.75. The first-order valence-corrected chi connectivity index (χ1v) is 7.09. The predicted molar refractivity (Wildman–Crippen MR) is 70.9 cm³/mol. The van der Waals surface area contributed by atoms with Crippen molar-refractivity contribution in [1.82, 2.24) is 4.98 Å². The van der Waals surface area contributed by atoms with Gasteiger partial charge in [0.15, 0.2) is 11.5 Å². The minimum Gasteiger partial charge on any atom is -0.493 e. The molecule has 0 aliphatic heterocycles. The maximum Gasteiger partial charge on any atom is 0.319 e. The minimum absolute atomic E-state index is 0.0190. The fraction of sp³-hybridized carbons (Fsp3) is 0.500. The van der Waals surface area contributed by atoms with Crippen LogP contribution in [0.15, 0.2) is 12.3 Å². The van der Waals surface area contributed by atoms with E-state index in [1.807, 2.05) is 0 Å². The molecule has 0 aromatic carbocycles. The van der Waals surface area contributed by atoms with E-state index in [0.29, 0.717) is 23.6 Å². The van der Waals surface area contributed by atoms with Gasteiger partial charge in [-0.1, -0.05) is 6.92 Å². The van der Waals surface area contributed by atoms with E-state index in [-0.39, 0.29) is 5.75 Å². The number of methoxy groups -OCH3 is 2. The van der Waals surface area contributed by atoms with Crippen LogP contribution in [-0.4, -0.2) is 39.7 Å². The third-order valence-corrected chi connectivity index (χ3v) is 4.34. The standard InChI is InChI=1S/C12H17NO5S/c1-4-10(12(14)15)19(16)7-8-11(18-3)9(17-2)5-6-13-8/h5-6,10H,4,7H2,1-3H3,(H,14,15). The molecular weight excluding hydrogens is 270 g/mol. The molecule has 19 heavy (non-hydrogen) atoms. The molecule has 1 aromatic rings. The number of aliphatic carboxylic acids is 1. The molecule has 0 spiro atoms. The van der Waals surface area contributed by atoms with Crippen molar-refractivity contribution in [3.63, 3.8) is 0 Å². The fourth-order valence-electron chi connectivity index (χ4n) is 1.66. The quantitative estimate of drug-likeness (QED) is 0.811. The average molecular weight is 287 g/mol. The number of pyridine rings is 1. The number of carbonyl (C=O) groups is 1. The molecule has 1 aromatic heterocycles. The molecular formula is C12H17NO5S. The van der Waals surface area contributed by atoms with Crippen molar-refractivity contribution >= 4 is 16.8 Å². The van der Waals surface area contributed by atoms with E-state index >= 15 is 0 Å². The number of ether oxygens (including phenoxy) is 2. The van der Waals surface area contributed by atoms with E-state index < -0.39 is 22.0 Å². The summed E-state index contributed by atoms with van der Waals surface area (Å²) in [4.78, 5) is 15.1. The summed E-state index contributed by atoms with van der Waals surface area (Å²) in [5, 5.41) is 8.07. The van der Waals surface area contributed by atoms with Crippen LogP contribution in [0.5, 0.6) is 11.5 Å². The lowest BCUT2D eigenvalue weighted by atomic mass is 10.3. The Morgan fingerprint density at radius 2 is 2.16 bits per heavy atom. The highest BCUT2D eigenvalue weighted by molar-refractivity contribution is 7.85. The van der Waals surface area contributed by atoms with E-state index in [2.05, 4.69) is 4.98 Å². The summed E-state index contributed by atoms with van der Waals surface area (Å²) in [7, 11) is 1.39. The van der Waals surface area contributed by atoms with Crippen molar-refractivity contribution in [3.8, 4) is 11.5 Å². The molecule has 2 atom stereocenters. The SMILES string of the molecule is CCC(C(=O)O)S(=O)Cc1nccc(OC)c1OC. The zero-order chi connectivity index (χ0) is 14.4. The maximum atomic E-state index is 12.0. The van der Waals surface area contributed by atoms with Gasteiger partial charge in [-0.2, -0.15) is 0 Å². The second-order valence-electron chi connectivity index (χ2n) is 3.75. The van der Waals surface area contributed by atoms with Crippen molar-refractivity contribution in [2.45, 2.75) is 24.3 Å². The van der Waals surface area contributed by atoms with Crippen LogP contribution >= 0.6 is 0 Å². The van der Waals surface area contributed by atoms with Crippen LogP contribution in [-0.2, 0) is 21.3 Å². The largest absolute Gasteiger partial charge is 0.493 e. The molecule has 0 saturated carbocycles. The number of carboxylic acid groups (broad SMARTS) is 1. The average Bonchev–Trinajstić information content (AvgIpc) is 2.38. The Hall–Kier alpha value is -1.63. The highest BCUT2D eigenvalue weighted by Gasteiger charge is 2.24. The van der Waals surface area contributed by atoms with Crippen molar-refractivity contribution < 1.29 is 23.6 Å². The van der Waals surface area contributed by atoms with Crippen LogP contribution in [0.2, 0.25) is 0 Å². The van der Waals surface area contributed by atoms with Gasteiger partial charge in [-0.25, -0.2) is 0 Å². The first kappa shape index (κ1) is 15.4. The third-order valence-electron chi connectivity index (χ3n) is 2.61. The molecule has 0 radical (unpaired) electrons. The van der Waals surface area contributed by atoms with Crippen LogP contribution in [0.25, 0.3) is 0 Å². The van der Waals surface area contributed by atoms with Crippen molar-refractivity contribution in [2.75, 3.05) is 14.2 Å². The number of hydrogen-bond donors (Lipinski definition) is 1. The summed E-state index contributed by atoms with van der Waals surface area (Å²) in [6.45, 7) is 1.69. The third kappa shape index (κ3) is 3.66. The Morgan fingerprint density at radius 1 is 1.47 bits per heavy atom. The Morgan fingerprint density at radius 3 is 2.63 bits per heavy atom. The molecule has 0 saturated heterocycles. The normalized spacial score (nSPS) is 13.6. The molecule has 6 nitrogen and oxygen atoms in total. The second kappa shape index (κ2) is 7.08.